The minimum atomic E-state index is 0.0143. The number of hydrogen-bond acceptors (Lipinski definition) is 1. The predicted molar refractivity (Wildman–Crippen MR) is 122 cm³/mol. The molecule has 0 aromatic heterocycles. The van der Waals surface area contributed by atoms with Crippen molar-refractivity contribution in [2.24, 2.45) is 0 Å². The van der Waals surface area contributed by atoms with Crippen molar-refractivity contribution in [3.05, 3.63) is 95.6 Å². The minimum Gasteiger partial charge on any atom is -0.320 e. The zero-order valence-electron chi connectivity index (χ0n) is 17.6. The summed E-state index contributed by atoms with van der Waals surface area (Å²) in [5.41, 5.74) is 5.25. The fraction of sp³-hybridized carbons (Fsp3) is 0.269. The van der Waals surface area contributed by atoms with E-state index in [1.807, 2.05) is 58.3 Å². The Hall–Kier alpha value is -3.07. The minimum absolute atomic E-state index is 0.0143. The van der Waals surface area contributed by atoms with Crippen molar-refractivity contribution in [3.8, 4) is 0 Å². The largest absolute Gasteiger partial charge is 0.329 e. The van der Waals surface area contributed by atoms with E-state index in [9.17, 15) is 4.79 Å². The first kappa shape index (κ1) is 20.7. The van der Waals surface area contributed by atoms with Crippen molar-refractivity contribution in [3.63, 3.8) is 0 Å². The second kappa shape index (κ2) is 9.92. The Morgan fingerprint density at radius 1 is 0.862 bits per heavy atom. The number of carbonyl (C=O) groups is 1. The van der Waals surface area contributed by atoms with Crippen molar-refractivity contribution >= 4 is 17.4 Å². The van der Waals surface area contributed by atoms with Crippen LogP contribution < -0.4 is 4.90 Å². The lowest BCUT2D eigenvalue weighted by molar-refractivity contribution is 0.203. The fourth-order valence-electron chi connectivity index (χ4n) is 3.52. The molecule has 2 amide bonds. The molecule has 0 spiro atoms. The molecule has 0 unspecified atom stereocenters. The van der Waals surface area contributed by atoms with Gasteiger partial charge in [0.25, 0.3) is 0 Å². The maximum Gasteiger partial charge on any atom is 0.329 e. The van der Waals surface area contributed by atoms with Crippen molar-refractivity contribution in [2.45, 2.75) is 40.2 Å². The summed E-state index contributed by atoms with van der Waals surface area (Å²) in [6, 6.07) is 26.4. The van der Waals surface area contributed by atoms with E-state index in [2.05, 4.69) is 51.1 Å². The predicted octanol–water partition coefficient (Wildman–Crippen LogP) is 6.86. The van der Waals surface area contributed by atoms with E-state index in [1.165, 1.54) is 5.56 Å². The Bertz CT molecular complexity index is 922. The molecule has 0 saturated carbocycles. The third-order valence-electron chi connectivity index (χ3n) is 5.07. The second-order valence-corrected chi connectivity index (χ2v) is 7.50. The number of unbranched alkanes of at least 4 members (excludes halogenated alkanes) is 1. The zero-order valence-corrected chi connectivity index (χ0v) is 17.6. The number of rotatable bonds is 7. The van der Waals surface area contributed by atoms with Crippen LogP contribution in [0.3, 0.4) is 0 Å². The molecule has 0 aliphatic rings. The molecule has 150 valence electrons. The first-order chi connectivity index (χ1) is 14.1. The van der Waals surface area contributed by atoms with Gasteiger partial charge in [0.05, 0.1) is 11.4 Å². The molecule has 0 atom stereocenters. The second-order valence-electron chi connectivity index (χ2n) is 7.50. The van der Waals surface area contributed by atoms with Crippen LogP contribution in [-0.2, 0) is 6.54 Å². The maximum absolute atomic E-state index is 13.8. The molecule has 29 heavy (non-hydrogen) atoms. The van der Waals surface area contributed by atoms with Gasteiger partial charge in [0.1, 0.15) is 0 Å². The van der Waals surface area contributed by atoms with E-state index in [0.29, 0.717) is 6.54 Å². The summed E-state index contributed by atoms with van der Waals surface area (Å²) in [6.45, 7) is 7.64. The molecule has 0 radical (unpaired) electrons. The highest BCUT2D eigenvalue weighted by molar-refractivity contribution is 6.00. The standard InChI is InChI=1S/C26H30N2O/c1-4-5-18-27(20-23-12-8-6-9-13-23)26(29)28(24-14-10-7-11-15-24)25-17-16-21(2)19-22(25)3/h6-17,19H,4-5,18,20H2,1-3H3. The molecule has 3 aromatic rings. The van der Waals surface area contributed by atoms with E-state index in [1.54, 1.807) is 0 Å². The number of aryl methyl sites for hydroxylation is 2. The number of para-hydroxylation sites is 1. The van der Waals surface area contributed by atoms with Gasteiger partial charge in [0.15, 0.2) is 0 Å². The molecule has 0 heterocycles. The number of urea groups is 1. The van der Waals surface area contributed by atoms with Crippen molar-refractivity contribution in [1.29, 1.82) is 0 Å². The molecule has 3 rings (SSSR count). The quantitative estimate of drug-likeness (QED) is 0.435. The first-order valence-electron chi connectivity index (χ1n) is 10.4. The van der Waals surface area contributed by atoms with E-state index < -0.39 is 0 Å². The molecule has 0 aliphatic heterocycles. The Morgan fingerprint density at radius 3 is 2.14 bits per heavy atom. The van der Waals surface area contributed by atoms with Gasteiger partial charge in [-0.3, -0.25) is 4.90 Å². The highest BCUT2D eigenvalue weighted by atomic mass is 16.2. The number of nitrogens with zero attached hydrogens (tertiary/aromatic N) is 2. The molecule has 0 fully saturated rings. The summed E-state index contributed by atoms with van der Waals surface area (Å²) in [6.07, 6.45) is 2.03. The molecule has 0 bridgehead atoms. The summed E-state index contributed by atoms with van der Waals surface area (Å²) in [4.78, 5) is 17.7. The maximum atomic E-state index is 13.8. The SMILES string of the molecule is CCCCN(Cc1ccccc1)C(=O)N(c1ccccc1)c1ccc(C)cc1C. The van der Waals surface area contributed by atoms with Crippen molar-refractivity contribution in [1.82, 2.24) is 4.90 Å². The molecule has 3 aromatic carbocycles. The van der Waals surface area contributed by atoms with Gasteiger partial charge < -0.3 is 4.90 Å². The Kier molecular flexibility index (Phi) is 7.07. The van der Waals surface area contributed by atoms with E-state index in [0.717, 1.165) is 41.9 Å². The van der Waals surface area contributed by atoms with Crippen molar-refractivity contribution < 1.29 is 4.79 Å². The lowest BCUT2D eigenvalue weighted by atomic mass is 10.1. The average molecular weight is 387 g/mol. The number of amides is 2. The zero-order chi connectivity index (χ0) is 20.6. The van der Waals surface area contributed by atoms with Gasteiger partial charge in [-0.05, 0) is 49.6 Å². The molecular formula is C26H30N2O. The number of carbonyl (C=O) groups excluding carboxylic acids is 1. The third-order valence-corrected chi connectivity index (χ3v) is 5.07. The summed E-state index contributed by atoms with van der Waals surface area (Å²) < 4.78 is 0. The number of anilines is 2. The molecule has 3 nitrogen and oxygen atoms in total. The van der Waals surface area contributed by atoms with Crippen LogP contribution in [0.25, 0.3) is 0 Å². The Labute approximate surface area is 174 Å². The molecule has 3 heteroatoms. The summed E-state index contributed by atoms with van der Waals surface area (Å²) in [5, 5.41) is 0. The highest BCUT2D eigenvalue weighted by Gasteiger charge is 2.25. The molecular weight excluding hydrogens is 356 g/mol. The first-order valence-corrected chi connectivity index (χ1v) is 10.4. The summed E-state index contributed by atoms with van der Waals surface area (Å²) >= 11 is 0. The third kappa shape index (κ3) is 5.26. The van der Waals surface area contributed by atoms with E-state index in [4.69, 9.17) is 0 Å². The van der Waals surface area contributed by atoms with Gasteiger partial charge >= 0.3 is 6.03 Å². The molecule has 0 N–H and O–H groups in total. The smallest absolute Gasteiger partial charge is 0.320 e. The highest BCUT2D eigenvalue weighted by Crippen LogP contribution is 2.30. The number of benzene rings is 3. The Morgan fingerprint density at radius 2 is 1.52 bits per heavy atom. The lowest BCUT2D eigenvalue weighted by Crippen LogP contribution is -2.41. The normalized spacial score (nSPS) is 10.6. The van der Waals surface area contributed by atoms with Gasteiger partial charge in [-0.2, -0.15) is 0 Å². The van der Waals surface area contributed by atoms with Gasteiger partial charge in [0, 0.05) is 13.1 Å². The molecule has 0 aliphatic carbocycles. The lowest BCUT2D eigenvalue weighted by Gasteiger charge is -2.32. The van der Waals surface area contributed by atoms with Crippen LogP contribution in [0.2, 0.25) is 0 Å². The van der Waals surface area contributed by atoms with E-state index in [-0.39, 0.29) is 6.03 Å². The van der Waals surface area contributed by atoms with Crippen LogP contribution in [0, 0.1) is 13.8 Å². The van der Waals surface area contributed by atoms with Gasteiger partial charge in [0.2, 0.25) is 0 Å². The van der Waals surface area contributed by atoms with Crippen LogP contribution >= 0.6 is 0 Å². The topological polar surface area (TPSA) is 23.6 Å². The van der Waals surface area contributed by atoms with E-state index >= 15 is 0 Å². The van der Waals surface area contributed by atoms with Gasteiger partial charge in [-0.1, -0.05) is 79.6 Å². The van der Waals surface area contributed by atoms with Crippen LogP contribution in [0.1, 0.15) is 36.5 Å². The summed E-state index contributed by atoms with van der Waals surface area (Å²) in [5.74, 6) is 0. The summed E-state index contributed by atoms with van der Waals surface area (Å²) in [7, 11) is 0. The van der Waals surface area contributed by atoms with Gasteiger partial charge in [-0.15, -0.1) is 0 Å². The molecule has 0 saturated heterocycles. The fourth-order valence-corrected chi connectivity index (χ4v) is 3.52. The van der Waals surface area contributed by atoms with Gasteiger partial charge in [-0.25, -0.2) is 4.79 Å². The monoisotopic (exact) mass is 386 g/mol. The van der Waals surface area contributed by atoms with Crippen LogP contribution in [-0.4, -0.2) is 17.5 Å². The van der Waals surface area contributed by atoms with Crippen molar-refractivity contribution in [2.75, 3.05) is 11.4 Å². The van der Waals surface area contributed by atoms with Crippen LogP contribution in [0.15, 0.2) is 78.9 Å². The van der Waals surface area contributed by atoms with Crippen LogP contribution in [0.4, 0.5) is 16.2 Å². The average Bonchev–Trinajstić information content (AvgIpc) is 2.74. The Balaban J connectivity index is 2.00. The number of hydrogen-bond donors (Lipinski definition) is 0. The van der Waals surface area contributed by atoms with Crippen LogP contribution in [0.5, 0.6) is 0 Å².